The Kier molecular flexibility index (Phi) is 4.73. The lowest BCUT2D eigenvalue weighted by Crippen LogP contribution is -2.23. The summed E-state index contributed by atoms with van der Waals surface area (Å²) in [5.74, 6) is 0. The van der Waals surface area contributed by atoms with Crippen LogP contribution in [0.2, 0.25) is 0 Å². The molecule has 0 saturated carbocycles. The van der Waals surface area contributed by atoms with Crippen molar-refractivity contribution in [3.63, 3.8) is 0 Å². The summed E-state index contributed by atoms with van der Waals surface area (Å²) in [5.41, 5.74) is 1.11. The molecule has 5 heteroatoms. The molecule has 5 nitrogen and oxygen atoms in total. The van der Waals surface area contributed by atoms with Crippen molar-refractivity contribution in [2.45, 2.75) is 13.8 Å². The molecule has 0 fully saturated rings. The van der Waals surface area contributed by atoms with Gasteiger partial charge in [-0.15, -0.1) is 10.1 Å². The number of nitrogens with zero attached hydrogens (tertiary/aromatic N) is 2. The summed E-state index contributed by atoms with van der Waals surface area (Å²) in [7, 11) is 0. The maximum absolute atomic E-state index is 10.2. The third-order valence-corrected chi connectivity index (χ3v) is 1.66. The van der Waals surface area contributed by atoms with Crippen LogP contribution in [0.15, 0.2) is 29.4 Å². The van der Waals surface area contributed by atoms with Gasteiger partial charge in [-0.2, -0.15) is 0 Å². The average molecular weight is 210 g/mol. The van der Waals surface area contributed by atoms with E-state index in [0.717, 1.165) is 5.69 Å². The number of benzene rings is 1. The van der Waals surface area contributed by atoms with Gasteiger partial charge < -0.3 is 0 Å². The third-order valence-electron chi connectivity index (χ3n) is 1.66. The topological polar surface area (TPSA) is 51.1 Å². The second kappa shape index (κ2) is 6.10. The van der Waals surface area contributed by atoms with Gasteiger partial charge in [0.2, 0.25) is 0 Å². The minimum Gasteiger partial charge on any atom is -0.249 e. The maximum Gasteiger partial charge on any atom is 0.108 e. The molecule has 0 aromatic heterocycles. The number of anilines is 1. The second-order valence-corrected chi connectivity index (χ2v) is 2.70. The van der Waals surface area contributed by atoms with E-state index in [1.807, 2.05) is 13.8 Å². The standard InChI is InChI=1S/C10H14N2O3/c1-3-14-12(15-4-2)10-7-5-9(11-13)6-8-10/h5-8H,3-4H2,1-2H3. The van der Waals surface area contributed by atoms with Gasteiger partial charge in [0.1, 0.15) is 5.69 Å². The minimum absolute atomic E-state index is 0.381. The Morgan fingerprint density at radius 2 is 1.67 bits per heavy atom. The molecule has 0 aliphatic heterocycles. The van der Waals surface area contributed by atoms with Gasteiger partial charge in [0.25, 0.3) is 0 Å². The molecule has 15 heavy (non-hydrogen) atoms. The normalized spacial score (nSPS) is 10.0. The molecule has 0 bridgehead atoms. The third kappa shape index (κ3) is 3.30. The van der Waals surface area contributed by atoms with Gasteiger partial charge in [-0.25, -0.2) is 9.68 Å². The Balaban J connectivity index is 2.76. The summed E-state index contributed by atoms with van der Waals surface area (Å²) in [6, 6.07) is 6.63. The predicted molar refractivity (Wildman–Crippen MR) is 57.6 cm³/mol. The van der Waals surface area contributed by atoms with Crippen molar-refractivity contribution in [2.75, 3.05) is 18.4 Å². The van der Waals surface area contributed by atoms with E-state index in [-0.39, 0.29) is 0 Å². The molecule has 1 rings (SSSR count). The molecule has 0 amide bonds. The first-order valence-corrected chi connectivity index (χ1v) is 4.81. The predicted octanol–water partition coefficient (Wildman–Crippen LogP) is 2.79. The summed E-state index contributed by atoms with van der Waals surface area (Å²) in [6.07, 6.45) is 0. The van der Waals surface area contributed by atoms with Gasteiger partial charge >= 0.3 is 0 Å². The van der Waals surface area contributed by atoms with Crippen LogP contribution < -0.4 is 5.23 Å². The molecule has 82 valence electrons. The number of rotatable bonds is 6. The van der Waals surface area contributed by atoms with Crippen molar-refractivity contribution in [1.82, 2.24) is 0 Å². The Labute approximate surface area is 88.5 Å². The van der Waals surface area contributed by atoms with Crippen molar-refractivity contribution >= 4 is 11.4 Å². The number of hydrogen-bond donors (Lipinski definition) is 0. The fourth-order valence-corrected chi connectivity index (χ4v) is 1.06. The molecule has 0 aliphatic carbocycles. The Morgan fingerprint density at radius 1 is 1.13 bits per heavy atom. The lowest BCUT2D eigenvalue weighted by atomic mass is 10.3. The van der Waals surface area contributed by atoms with E-state index in [2.05, 4.69) is 5.18 Å². The van der Waals surface area contributed by atoms with Crippen LogP contribution in [0.1, 0.15) is 13.8 Å². The molecule has 0 atom stereocenters. The number of hydrogen-bond acceptors (Lipinski definition) is 5. The van der Waals surface area contributed by atoms with Crippen LogP contribution in [-0.2, 0) is 9.68 Å². The minimum atomic E-state index is 0.381. The highest BCUT2D eigenvalue weighted by Crippen LogP contribution is 2.20. The molecule has 0 N–H and O–H groups in total. The van der Waals surface area contributed by atoms with E-state index in [1.165, 1.54) is 5.23 Å². The highest BCUT2D eigenvalue weighted by atomic mass is 16.9. The highest BCUT2D eigenvalue weighted by Gasteiger charge is 2.06. The van der Waals surface area contributed by atoms with Crippen LogP contribution in [-0.4, -0.2) is 13.2 Å². The Bertz CT molecular complexity index is 294. The molecular weight excluding hydrogens is 196 g/mol. The molecule has 0 heterocycles. The lowest BCUT2D eigenvalue weighted by molar-refractivity contribution is -0.0817. The quantitative estimate of drug-likeness (QED) is 0.535. The van der Waals surface area contributed by atoms with E-state index >= 15 is 0 Å². The summed E-state index contributed by atoms with van der Waals surface area (Å²) in [5, 5.41) is 4.14. The number of nitroso groups, excluding NO2 is 1. The summed E-state index contributed by atoms with van der Waals surface area (Å²) in [4.78, 5) is 20.7. The van der Waals surface area contributed by atoms with Crippen molar-refractivity contribution in [3.8, 4) is 0 Å². The molecule has 1 aromatic carbocycles. The van der Waals surface area contributed by atoms with E-state index in [1.54, 1.807) is 24.3 Å². The first-order valence-electron chi connectivity index (χ1n) is 4.81. The SMILES string of the molecule is CCON(OCC)c1ccc(N=O)cc1. The van der Waals surface area contributed by atoms with Gasteiger partial charge in [-0.3, -0.25) is 0 Å². The smallest absolute Gasteiger partial charge is 0.108 e. The van der Waals surface area contributed by atoms with Crippen LogP contribution in [0, 0.1) is 4.91 Å². The molecule has 0 spiro atoms. The van der Waals surface area contributed by atoms with Gasteiger partial charge in [-0.05, 0) is 43.3 Å². The average Bonchev–Trinajstić information content (AvgIpc) is 2.29. The van der Waals surface area contributed by atoms with E-state index in [9.17, 15) is 4.91 Å². The Hall–Kier alpha value is -1.46. The molecule has 0 unspecified atom stereocenters. The zero-order chi connectivity index (χ0) is 11.1. The van der Waals surface area contributed by atoms with E-state index < -0.39 is 0 Å². The van der Waals surface area contributed by atoms with Gasteiger partial charge in [0, 0.05) is 0 Å². The summed E-state index contributed by atoms with van der Waals surface area (Å²) >= 11 is 0. The maximum atomic E-state index is 10.2. The van der Waals surface area contributed by atoms with Crippen LogP contribution in [0.4, 0.5) is 11.4 Å². The van der Waals surface area contributed by atoms with E-state index in [4.69, 9.17) is 9.68 Å². The van der Waals surface area contributed by atoms with Gasteiger partial charge in [0.15, 0.2) is 0 Å². The highest BCUT2D eigenvalue weighted by molar-refractivity contribution is 5.49. The van der Waals surface area contributed by atoms with E-state index in [0.29, 0.717) is 18.9 Å². The van der Waals surface area contributed by atoms with Crippen LogP contribution >= 0.6 is 0 Å². The summed E-state index contributed by atoms with van der Waals surface area (Å²) in [6.45, 7) is 4.75. The van der Waals surface area contributed by atoms with Crippen molar-refractivity contribution in [2.24, 2.45) is 5.18 Å². The van der Waals surface area contributed by atoms with Crippen LogP contribution in [0.25, 0.3) is 0 Å². The lowest BCUT2D eigenvalue weighted by Gasteiger charge is -2.20. The van der Waals surface area contributed by atoms with Gasteiger partial charge in [0.05, 0.1) is 18.9 Å². The van der Waals surface area contributed by atoms with Crippen LogP contribution in [0.5, 0.6) is 0 Å². The van der Waals surface area contributed by atoms with Crippen molar-refractivity contribution in [3.05, 3.63) is 29.2 Å². The molecular formula is C10H14N2O3. The molecule has 0 radical (unpaired) electrons. The van der Waals surface area contributed by atoms with Gasteiger partial charge in [-0.1, -0.05) is 0 Å². The zero-order valence-corrected chi connectivity index (χ0v) is 8.84. The van der Waals surface area contributed by atoms with Crippen LogP contribution in [0.3, 0.4) is 0 Å². The van der Waals surface area contributed by atoms with Crippen molar-refractivity contribution < 1.29 is 9.68 Å². The molecule has 1 aromatic rings. The monoisotopic (exact) mass is 210 g/mol. The summed E-state index contributed by atoms with van der Waals surface area (Å²) < 4.78 is 0. The second-order valence-electron chi connectivity index (χ2n) is 2.70. The molecule has 0 saturated heterocycles. The first-order chi connectivity index (χ1) is 7.31. The Morgan fingerprint density at radius 3 is 2.07 bits per heavy atom. The molecule has 0 aliphatic rings. The fourth-order valence-electron chi connectivity index (χ4n) is 1.06. The van der Waals surface area contributed by atoms with Crippen molar-refractivity contribution in [1.29, 1.82) is 0 Å². The first kappa shape index (κ1) is 11.6. The zero-order valence-electron chi connectivity index (χ0n) is 8.84. The largest absolute Gasteiger partial charge is 0.249 e. The fraction of sp³-hybridized carbons (Fsp3) is 0.400.